The molecular formula is C28H25Cl3N4O4S. The predicted octanol–water partition coefficient (Wildman–Crippen LogP) is 6.41. The van der Waals surface area contributed by atoms with Gasteiger partial charge in [0.2, 0.25) is 0 Å². The lowest BCUT2D eigenvalue weighted by Gasteiger charge is -2.24. The molecule has 0 spiro atoms. The van der Waals surface area contributed by atoms with Crippen molar-refractivity contribution in [2.45, 2.75) is 18.7 Å². The zero-order chi connectivity index (χ0) is 29.0. The molecule has 208 valence electrons. The summed E-state index contributed by atoms with van der Waals surface area (Å²) in [6.07, 6.45) is 1.49. The highest BCUT2D eigenvalue weighted by atomic mass is 35.5. The minimum absolute atomic E-state index is 0.0202. The summed E-state index contributed by atoms with van der Waals surface area (Å²) in [5, 5.41) is 5.28. The third-order valence-electron chi connectivity index (χ3n) is 6.01. The Kier molecular flexibility index (Phi) is 9.10. The van der Waals surface area contributed by atoms with Crippen LogP contribution in [0.1, 0.15) is 17.0 Å². The second-order valence-electron chi connectivity index (χ2n) is 8.73. The van der Waals surface area contributed by atoms with Crippen molar-refractivity contribution >= 4 is 62.6 Å². The van der Waals surface area contributed by atoms with Crippen molar-refractivity contribution in [3.63, 3.8) is 0 Å². The number of nitrogens with one attached hydrogen (secondary N) is 1. The van der Waals surface area contributed by atoms with Crippen molar-refractivity contribution < 1.29 is 17.9 Å². The fraction of sp³-hybridized carbons (Fsp3) is 0.143. The van der Waals surface area contributed by atoms with Crippen LogP contribution in [0.15, 0.2) is 82.8 Å². The molecule has 1 heterocycles. The largest absolute Gasteiger partial charge is 0.495 e. The van der Waals surface area contributed by atoms with Gasteiger partial charge in [0.05, 0.1) is 28.9 Å². The van der Waals surface area contributed by atoms with Crippen LogP contribution < -0.4 is 14.5 Å². The third kappa shape index (κ3) is 6.45. The monoisotopic (exact) mass is 618 g/mol. The Morgan fingerprint density at radius 2 is 1.68 bits per heavy atom. The van der Waals surface area contributed by atoms with Gasteiger partial charge in [0, 0.05) is 32.7 Å². The molecule has 0 bridgehead atoms. The number of hydrogen-bond acceptors (Lipinski definition) is 5. The van der Waals surface area contributed by atoms with Gasteiger partial charge in [-0.15, -0.1) is 0 Å². The number of ether oxygens (including phenoxy) is 1. The highest BCUT2D eigenvalue weighted by Crippen LogP contribution is 2.32. The average molecular weight is 620 g/mol. The molecule has 1 N–H and O–H groups in total. The fourth-order valence-corrected chi connectivity index (χ4v) is 6.37. The summed E-state index contributed by atoms with van der Waals surface area (Å²) < 4.78 is 35.1. The van der Waals surface area contributed by atoms with E-state index in [0.29, 0.717) is 15.8 Å². The smallest absolute Gasteiger partial charge is 0.264 e. The molecule has 0 unspecified atom stereocenters. The zero-order valence-corrected chi connectivity index (χ0v) is 24.8. The van der Waals surface area contributed by atoms with E-state index >= 15 is 0 Å². The molecule has 0 radical (unpaired) electrons. The lowest BCUT2D eigenvalue weighted by atomic mass is 10.2. The number of carbonyl (C=O) groups is 1. The normalized spacial score (nSPS) is 11.6. The SMILES string of the molecule is COc1ccc(N(CC(=O)N/N=C/c2cc(C)n(-c3cc(Cl)cc(Cl)c3)c2C)S(=O)(=O)c2ccccc2)cc1Cl. The Hall–Kier alpha value is -3.50. The van der Waals surface area contributed by atoms with Gasteiger partial charge in [-0.2, -0.15) is 5.10 Å². The van der Waals surface area contributed by atoms with Crippen LogP contribution in [-0.4, -0.2) is 38.8 Å². The topological polar surface area (TPSA) is 93.0 Å². The van der Waals surface area contributed by atoms with Crippen molar-refractivity contribution in [3.8, 4) is 11.4 Å². The maximum Gasteiger partial charge on any atom is 0.264 e. The summed E-state index contributed by atoms with van der Waals surface area (Å²) in [5.41, 5.74) is 5.89. The number of aryl methyl sites for hydroxylation is 1. The van der Waals surface area contributed by atoms with Crippen LogP contribution in [0.4, 0.5) is 5.69 Å². The molecule has 3 aromatic carbocycles. The summed E-state index contributed by atoms with van der Waals surface area (Å²) in [4.78, 5) is 13.0. The van der Waals surface area contributed by atoms with Gasteiger partial charge in [-0.1, -0.05) is 53.0 Å². The van der Waals surface area contributed by atoms with Crippen LogP contribution in [0.2, 0.25) is 15.1 Å². The number of nitrogens with zero attached hydrogens (tertiary/aromatic N) is 3. The Morgan fingerprint density at radius 1 is 1.00 bits per heavy atom. The molecule has 0 aliphatic carbocycles. The van der Waals surface area contributed by atoms with Gasteiger partial charge >= 0.3 is 0 Å². The van der Waals surface area contributed by atoms with Crippen molar-refractivity contribution in [3.05, 3.63) is 105 Å². The molecule has 4 aromatic rings. The highest BCUT2D eigenvalue weighted by Gasteiger charge is 2.27. The van der Waals surface area contributed by atoms with Crippen LogP contribution in [0, 0.1) is 13.8 Å². The second-order valence-corrected chi connectivity index (χ2v) is 11.9. The molecule has 0 aliphatic rings. The van der Waals surface area contributed by atoms with Crippen LogP contribution in [0.25, 0.3) is 5.69 Å². The van der Waals surface area contributed by atoms with Crippen molar-refractivity contribution in [1.29, 1.82) is 0 Å². The standard InChI is InChI=1S/C28H25Cl3N4O4S/c1-18-11-20(19(2)35(18)24-13-21(29)12-22(30)14-24)16-32-33-28(36)17-34(23-9-10-27(39-3)26(31)15-23)40(37,38)25-7-5-4-6-8-25/h4-16H,17H2,1-3H3,(H,33,36)/b32-16+. The molecule has 1 amide bonds. The van der Waals surface area contributed by atoms with Gasteiger partial charge in [0.25, 0.3) is 15.9 Å². The van der Waals surface area contributed by atoms with E-state index in [1.807, 2.05) is 24.5 Å². The van der Waals surface area contributed by atoms with Gasteiger partial charge in [-0.05, 0) is 68.4 Å². The molecule has 0 saturated carbocycles. The van der Waals surface area contributed by atoms with E-state index in [-0.39, 0.29) is 15.6 Å². The van der Waals surface area contributed by atoms with Crippen LogP contribution >= 0.6 is 34.8 Å². The molecule has 8 nitrogen and oxygen atoms in total. The Balaban J connectivity index is 1.58. The maximum atomic E-state index is 13.5. The van der Waals surface area contributed by atoms with E-state index in [2.05, 4.69) is 10.5 Å². The lowest BCUT2D eigenvalue weighted by molar-refractivity contribution is -0.119. The quantitative estimate of drug-likeness (QED) is 0.173. The number of rotatable bonds is 9. The molecule has 0 saturated heterocycles. The van der Waals surface area contributed by atoms with Crippen LogP contribution in [0.3, 0.4) is 0 Å². The van der Waals surface area contributed by atoms with E-state index in [0.717, 1.165) is 26.9 Å². The predicted molar refractivity (Wildman–Crippen MR) is 160 cm³/mol. The van der Waals surface area contributed by atoms with Gasteiger partial charge < -0.3 is 9.30 Å². The van der Waals surface area contributed by atoms with Crippen molar-refractivity contribution in [1.82, 2.24) is 9.99 Å². The van der Waals surface area contributed by atoms with Gasteiger partial charge in [-0.3, -0.25) is 9.10 Å². The van der Waals surface area contributed by atoms with E-state index in [4.69, 9.17) is 39.5 Å². The molecule has 4 rings (SSSR count). The average Bonchev–Trinajstić information content (AvgIpc) is 3.19. The highest BCUT2D eigenvalue weighted by molar-refractivity contribution is 7.92. The van der Waals surface area contributed by atoms with E-state index in [9.17, 15) is 13.2 Å². The van der Waals surface area contributed by atoms with Gasteiger partial charge in [-0.25, -0.2) is 13.8 Å². The molecule has 0 fully saturated rings. The number of hydrogen-bond donors (Lipinski definition) is 1. The minimum Gasteiger partial charge on any atom is -0.495 e. The van der Waals surface area contributed by atoms with E-state index < -0.39 is 22.5 Å². The number of hydrazone groups is 1. The lowest BCUT2D eigenvalue weighted by Crippen LogP contribution is -2.39. The first-order valence-corrected chi connectivity index (χ1v) is 14.5. The molecule has 1 aromatic heterocycles. The fourth-order valence-electron chi connectivity index (χ4n) is 4.17. The van der Waals surface area contributed by atoms with Gasteiger partial charge in [0.15, 0.2) is 0 Å². The number of carbonyl (C=O) groups excluding carboxylic acids is 1. The minimum atomic E-state index is -4.11. The number of sulfonamides is 1. The Morgan fingerprint density at radius 3 is 2.30 bits per heavy atom. The number of methoxy groups -OCH3 is 1. The first-order chi connectivity index (χ1) is 19.0. The van der Waals surface area contributed by atoms with Crippen molar-refractivity contribution in [2.75, 3.05) is 18.0 Å². The van der Waals surface area contributed by atoms with Gasteiger partial charge in [0.1, 0.15) is 12.3 Å². The van der Waals surface area contributed by atoms with Crippen LogP contribution in [-0.2, 0) is 14.8 Å². The van der Waals surface area contributed by atoms with Crippen molar-refractivity contribution in [2.24, 2.45) is 5.10 Å². The number of aromatic nitrogens is 1. The second kappa shape index (κ2) is 12.3. The molecule has 0 aliphatic heterocycles. The number of halogens is 3. The summed E-state index contributed by atoms with van der Waals surface area (Å²) >= 11 is 18.6. The zero-order valence-electron chi connectivity index (χ0n) is 21.7. The number of benzene rings is 3. The Labute approximate surface area is 247 Å². The number of anilines is 1. The maximum absolute atomic E-state index is 13.5. The Bertz CT molecular complexity index is 1670. The number of amides is 1. The first-order valence-electron chi connectivity index (χ1n) is 11.9. The first kappa shape index (κ1) is 29.5. The molecule has 40 heavy (non-hydrogen) atoms. The summed E-state index contributed by atoms with van der Waals surface area (Å²) in [5.74, 6) is -0.285. The van der Waals surface area contributed by atoms with E-state index in [1.54, 1.807) is 36.4 Å². The third-order valence-corrected chi connectivity index (χ3v) is 8.53. The summed E-state index contributed by atoms with van der Waals surface area (Å²) in [6.45, 7) is 3.27. The summed E-state index contributed by atoms with van der Waals surface area (Å²) in [7, 11) is -2.66. The van der Waals surface area contributed by atoms with Crippen LogP contribution in [0.5, 0.6) is 5.75 Å². The van der Waals surface area contributed by atoms with E-state index in [1.165, 1.54) is 43.7 Å². The molecular weight excluding hydrogens is 595 g/mol. The summed E-state index contributed by atoms with van der Waals surface area (Å²) in [6, 6.07) is 19.4. The molecule has 0 atom stereocenters. The molecule has 12 heteroatoms.